The van der Waals surface area contributed by atoms with Crippen LogP contribution in [0.2, 0.25) is 0 Å². The molecule has 1 N–H and O–H groups in total. The molecule has 1 saturated heterocycles. The van der Waals surface area contributed by atoms with E-state index in [0.717, 1.165) is 42.1 Å². The summed E-state index contributed by atoms with van der Waals surface area (Å²) in [5.41, 5.74) is 1.93. The van der Waals surface area contributed by atoms with Crippen molar-refractivity contribution in [1.82, 2.24) is 19.7 Å². The van der Waals surface area contributed by atoms with E-state index in [2.05, 4.69) is 37.1 Å². The zero-order valence-corrected chi connectivity index (χ0v) is 19.2. The quantitative estimate of drug-likeness (QED) is 0.495. The summed E-state index contributed by atoms with van der Waals surface area (Å²) in [5, 5.41) is 12.6. The van der Waals surface area contributed by atoms with Crippen LogP contribution < -0.4 is 10.1 Å². The number of methoxy groups -OCH3 is 1. The molecular formula is C24H29N5O2S. The average molecular weight is 452 g/mol. The largest absolute Gasteiger partial charge is 0.497 e. The second-order valence-electron chi connectivity index (χ2n) is 7.87. The fourth-order valence-corrected chi connectivity index (χ4v) is 4.54. The SMILES string of the molecule is COc1ccc(NC(=O)CSc2nnc(CN3CCCCC3)n2Cc2ccccc2)cc1. The molecule has 1 aliphatic rings. The van der Waals surface area contributed by atoms with E-state index in [9.17, 15) is 4.79 Å². The number of aromatic nitrogens is 3. The van der Waals surface area contributed by atoms with Crippen LogP contribution >= 0.6 is 11.8 Å². The molecule has 0 spiro atoms. The smallest absolute Gasteiger partial charge is 0.234 e. The number of nitrogens with one attached hydrogen (secondary N) is 1. The molecule has 168 valence electrons. The Kier molecular flexibility index (Phi) is 7.79. The van der Waals surface area contributed by atoms with Crippen LogP contribution in [0, 0.1) is 0 Å². The van der Waals surface area contributed by atoms with Gasteiger partial charge in [0.2, 0.25) is 5.91 Å². The van der Waals surface area contributed by atoms with Crippen molar-refractivity contribution in [3.8, 4) is 5.75 Å². The van der Waals surface area contributed by atoms with Gasteiger partial charge in [0.05, 0.1) is 26.0 Å². The summed E-state index contributed by atoms with van der Waals surface area (Å²) in [6.07, 6.45) is 3.78. The highest BCUT2D eigenvalue weighted by Gasteiger charge is 2.18. The highest BCUT2D eigenvalue weighted by atomic mass is 32.2. The van der Waals surface area contributed by atoms with Gasteiger partial charge in [-0.1, -0.05) is 48.5 Å². The summed E-state index contributed by atoms with van der Waals surface area (Å²) in [7, 11) is 1.62. The minimum absolute atomic E-state index is 0.0768. The number of thioether (sulfide) groups is 1. The number of benzene rings is 2. The van der Waals surface area contributed by atoms with Crippen LogP contribution in [0.3, 0.4) is 0 Å². The summed E-state index contributed by atoms with van der Waals surface area (Å²) >= 11 is 1.42. The van der Waals surface area contributed by atoms with E-state index >= 15 is 0 Å². The van der Waals surface area contributed by atoms with E-state index in [1.165, 1.54) is 36.6 Å². The number of nitrogens with zero attached hydrogens (tertiary/aromatic N) is 4. The Labute approximate surface area is 193 Å². The Morgan fingerprint density at radius 3 is 2.47 bits per heavy atom. The van der Waals surface area contributed by atoms with Gasteiger partial charge in [0, 0.05) is 5.69 Å². The first-order valence-electron chi connectivity index (χ1n) is 11.0. The molecule has 8 heteroatoms. The predicted octanol–water partition coefficient (Wildman–Crippen LogP) is 4.05. The molecule has 1 amide bonds. The van der Waals surface area contributed by atoms with Crippen molar-refractivity contribution in [3.05, 3.63) is 66.0 Å². The molecule has 32 heavy (non-hydrogen) atoms. The van der Waals surface area contributed by atoms with E-state index in [1.54, 1.807) is 7.11 Å². The molecular weight excluding hydrogens is 422 g/mol. The lowest BCUT2D eigenvalue weighted by molar-refractivity contribution is -0.113. The van der Waals surface area contributed by atoms with Crippen molar-refractivity contribution in [2.24, 2.45) is 0 Å². The van der Waals surface area contributed by atoms with Crippen LogP contribution in [0.25, 0.3) is 0 Å². The van der Waals surface area contributed by atoms with Crippen LogP contribution in [0.4, 0.5) is 5.69 Å². The number of hydrogen-bond donors (Lipinski definition) is 1. The molecule has 0 saturated carbocycles. The number of carbonyl (C=O) groups excluding carboxylic acids is 1. The van der Waals surface area contributed by atoms with Gasteiger partial charge in [0.25, 0.3) is 0 Å². The van der Waals surface area contributed by atoms with Gasteiger partial charge in [0.15, 0.2) is 5.16 Å². The molecule has 1 aliphatic heterocycles. The first kappa shape index (κ1) is 22.4. The maximum atomic E-state index is 12.5. The lowest BCUT2D eigenvalue weighted by atomic mass is 10.1. The molecule has 2 heterocycles. The van der Waals surface area contributed by atoms with Crippen molar-refractivity contribution in [2.45, 2.75) is 37.5 Å². The zero-order chi connectivity index (χ0) is 22.2. The van der Waals surface area contributed by atoms with Crippen molar-refractivity contribution in [3.63, 3.8) is 0 Å². The average Bonchev–Trinajstić information content (AvgIpc) is 3.20. The number of amides is 1. The van der Waals surface area contributed by atoms with E-state index in [1.807, 2.05) is 42.5 Å². The molecule has 1 aromatic heterocycles. The van der Waals surface area contributed by atoms with Crippen molar-refractivity contribution in [2.75, 3.05) is 31.3 Å². The minimum Gasteiger partial charge on any atom is -0.497 e. The highest BCUT2D eigenvalue weighted by Crippen LogP contribution is 2.22. The Hall–Kier alpha value is -2.84. The van der Waals surface area contributed by atoms with Gasteiger partial charge in [-0.25, -0.2) is 0 Å². The summed E-state index contributed by atoms with van der Waals surface area (Å²) in [5.74, 6) is 1.90. The summed E-state index contributed by atoms with van der Waals surface area (Å²) in [4.78, 5) is 14.9. The van der Waals surface area contributed by atoms with Crippen LogP contribution in [0.5, 0.6) is 5.75 Å². The Morgan fingerprint density at radius 1 is 1.00 bits per heavy atom. The van der Waals surface area contributed by atoms with E-state index < -0.39 is 0 Å². The second kappa shape index (κ2) is 11.2. The molecule has 1 fully saturated rings. The molecule has 0 aliphatic carbocycles. The number of carbonyl (C=O) groups is 1. The number of rotatable bonds is 9. The van der Waals surface area contributed by atoms with Crippen molar-refractivity contribution in [1.29, 1.82) is 0 Å². The molecule has 2 aromatic carbocycles. The van der Waals surface area contributed by atoms with Crippen molar-refractivity contribution >= 4 is 23.4 Å². The molecule has 0 unspecified atom stereocenters. The Bertz CT molecular complexity index is 1000. The molecule has 3 aromatic rings. The molecule has 4 rings (SSSR count). The predicted molar refractivity (Wildman–Crippen MR) is 127 cm³/mol. The molecule has 0 atom stereocenters. The van der Waals surface area contributed by atoms with Gasteiger partial charge in [-0.3, -0.25) is 9.69 Å². The van der Waals surface area contributed by atoms with E-state index in [4.69, 9.17) is 4.74 Å². The standard InChI is InChI=1S/C24H29N5O2S/c1-31-21-12-10-20(11-13-21)25-23(30)18-32-24-27-26-22(17-28-14-6-3-7-15-28)29(24)16-19-8-4-2-5-9-19/h2,4-5,8-13H,3,6-7,14-18H2,1H3,(H,25,30). The third-order valence-corrected chi connectivity index (χ3v) is 6.46. The van der Waals surface area contributed by atoms with Gasteiger partial charge in [-0.2, -0.15) is 0 Å². The Morgan fingerprint density at radius 2 is 1.75 bits per heavy atom. The maximum Gasteiger partial charge on any atom is 0.234 e. The fourth-order valence-electron chi connectivity index (χ4n) is 3.79. The maximum absolute atomic E-state index is 12.5. The fraction of sp³-hybridized carbons (Fsp3) is 0.375. The minimum atomic E-state index is -0.0768. The lowest BCUT2D eigenvalue weighted by Crippen LogP contribution is -2.30. The molecule has 0 radical (unpaired) electrons. The number of likely N-dealkylation sites (tertiary alicyclic amines) is 1. The normalized spacial score (nSPS) is 14.3. The molecule has 7 nitrogen and oxygen atoms in total. The summed E-state index contributed by atoms with van der Waals surface area (Å²) in [6.45, 7) is 3.69. The topological polar surface area (TPSA) is 72.3 Å². The lowest BCUT2D eigenvalue weighted by Gasteiger charge is -2.26. The van der Waals surface area contributed by atoms with Crippen LogP contribution in [-0.2, 0) is 17.9 Å². The number of ether oxygens (including phenoxy) is 1. The monoisotopic (exact) mass is 451 g/mol. The van der Waals surface area contributed by atoms with Gasteiger partial charge < -0.3 is 14.6 Å². The molecule has 0 bridgehead atoms. The van der Waals surface area contributed by atoms with Gasteiger partial charge >= 0.3 is 0 Å². The van der Waals surface area contributed by atoms with Gasteiger partial charge in [0.1, 0.15) is 11.6 Å². The van der Waals surface area contributed by atoms with Crippen molar-refractivity contribution < 1.29 is 9.53 Å². The van der Waals surface area contributed by atoms with Crippen LogP contribution in [0.15, 0.2) is 59.8 Å². The third-order valence-electron chi connectivity index (χ3n) is 5.50. The van der Waals surface area contributed by atoms with Gasteiger partial charge in [-0.15, -0.1) is 10.2 Å². The van der Waals surface area contributed by atoms with Crippen LogP contribution in [0.1, 0.15) is 30.7 Å². The first-order valence-corrected chi connectivity index (χ1v) is 11.9. The van der Waals surface area contributed by atoms with Crippen LogP contribution in [-0.4, -0.2) is 51.5 Å². The van der Waals surface area contributed by atoms with E-state index in [0.29, 0.717) is 6.54 Å². The Balaban J connectivity index is 1.43. The highest BCUT2D eigenvalue weighted by molar-refractivity contribution is 7.99. The number of piperidine rings is 1. The first-order chi connectivity index (χ1) is 15.7. The zero-order valence-electron chi connectivity index (χ0n) is 18.4. The summed E-state index contributed by atoms with van der Waals surface area (Å²) < 4.78 is 7.31. The van der Waals surface area contributed by atoms with Gasteiger partial charge in [-0.05, 0) is 55.8 Å². The van der Waals surface area contributed by atoms with E-state index in [-0.39, 0.29) is 11.7 Å². The number of anilines is 1. The second-order valence-corrected chi connectivity index (χ2v) is 8.82. The number of hydrogen-bond acceptors (Lipinski definition) is 6. The summed E-state index contributed by atoms with van der Waals surface area (Å²) in [6, 6.07) is 17.6. The third kappa shape index (κ3) is 6.11.